The van der Waals surface area contributed by atoms with Crippen molar-refractivity contribution >= 4 is 77.0 Å². The van der Waals surface area contributed by atoms with Crippen LogP contribution in [0.1, 0.15) is 151 Å². The zero-order valence-electron chi connectivity index (χ0n) is 51.9. The summed E-state index contributed by atoms with van der Waals surface area (Å²) in [5.41, 5.74) is 23.1. The van der Waals surface area contributed by atoms with Crippen molar-refractivity contribution in [2.45, 2.75) is 218 Å². The lowest BCUT2D eigenvalue weighted by molar-refractivity contribution is -0.142. The van der Waals surface area contributed by atoms with E-state index in [1.54, 1.807) is 58.0 Å². The molecule has 0 fully saturated rings. The summed E-state index contributed by atoms with van der Waals surface area (Å²) in [5.74, 6) is -13.6. The Kier molecular flexibility index (Phi) is 36.5. The van der Waals surface area contributed by atoms with Crippen molar-refractivity contribution in [1.29, 1.82) is 0 Å². The molecule has 0 bridgehead atoms. The minimum absolute atomic E-state index is 0.00877. The van der Waals surface area contributed by atoms with Crippen molar-refractivity contribution in [2.24, 2.45) is 45.7 Å². The van der Waals surface area contributed by atoms with E-state index in [2.05, 4.69) is 52.8 Å². The predicted octanol–water partition coefficient (Wildman–Crippen LogP) is -1.76. The summed E-state index contributed by atoms with van der Waals surface area (Å²) in [7, 11) is 0. The number of guanidine groups is 1. The first-order chi connectivity index (χ1) is 41.3. The zero-order valence-corrected chi connectivity index (χ0v) is 51.9. The number of carboxylic acid groups (broad SMARTS) is 3. The first-order valence-electron chi connectivity index (χ1n) is 29.9. The standard InChI is InChI=1S/C58H98N14O16/c1-9-10-19-37(66-55(85)46(33(6)7)71-48(78)36(60)28-31(2)3)49(79)65-39(22-24-44(74)75)51(81)69-42(29-32(4)5)54(84)72-47(34(8)73)56(86)67-40(23-25-45(76)77)52(82)70-43(30-35-17-12-11-13-18-35)53(83)64-38(21-16-27-63-58(61)62)50(80)68-41(57(87)88)20-14-15-26-59/h11-13,17-18,31-34,36-43,46-47,73H,9-10,14-16,19-30,59-60H2,1-8H3,(H,64,83)(H,65,79)(H,66,85)(H,67,86)(H,68,80)(H,69,81)(H,70,82)(H,71,78)(H,72,84)(H,74,75)(H,76,77)(H,87,88)(H4,61,62,63)/t34-,36+,37+,38+,39+,40+,41+,42+,43+,46+,47+/m1/s1. The number of aliphatic imine (C=N–C) groups is 1. The van der Waals surface area contributed by atoms with Gasteiger partial charge in [-0.3, -0.25) is 57.7 Å². The van der Waals surface area contributed by atoms with Crippen molar-refractivity contribution in [3.05, 3.63) is 35.9 Å². The number of rotatable bonds is 44. The average molecular weight is 1250 g/mol. The Labute approximate surface area is 514 Å². The molecule has 88 heavy (non-hydrogen) atoms. The first-order valence-corrected chi connectivity index (χ1v) is 29.9. The second-order valence-corrected chi connectivity index (χ2v) is 23.0. The van der Waals surface area contributed by atoms with E-state index in [-0.39, 0.29) is 69.4 Å². The lowest BCUT2D eigenvalue weighted by Crippen LogP contribution is -2.62. The van der Waals surface area contributed by atoms with Gasteiger partial charge in [-0.1, -0.05) is 91.6 Å². The van der Waals surface area contributed by atoms with E-state index in [0.717, 1.165) is 6.92 Å². The number of carbonyl (C=O) groups is 12. The molecule has 1 aromatic rings. The van der Waals surface area contributed by atoms with Crippen molar-refractivity contribution in [1.82, 2.24) is 47.9 Å². The molecule has 0 saturated heterocycles. The van der Waals surface area contributed by atoms with Gasteiger partial charge < -0.3 is 91.2 Å². The predicted molar refractivity (Wildman–Crippen MR) is 325 cm³/mol. The number of hydrogen-bond donors (Lipinski definition) is 17. The van der Waals surface area contributed by atoms with Crippen LogP contribution in [0, 0.1) is 17.8 Å². The van der Waals surface area contributed by atoms with E-state index in [1.807, 2.05) is 20.8 Å². The average Bonchev–Trinajstić information content (AvgIpc) is 3.61. The third kappa shape index (κ3) is 31.1. The minimum atomic E-state index is -1.92. The molecule has 21 N–H and O–H groups in total. The van der Waals surface area contributed by atoms with E-state index in [9.17, 15) is 78.0 Å². The minimum Gasteiger partial charge on any atom is -0.481 e. The Morgan fingerprint density at radius 1 is 0.477 bits per heavy atom. The highest BCUT2D eigenvalue weighted by molar-refractivity contribution is 5.99. The molecule has 0 aliphatic heterocycles. The van der Waals surface area contributed by atoms with Crippen molar-refractivity contribution in [3.8, 4) is 0 Å². The number of amides is 9. The van der Waals surface area contributed by atoms with Crippen LogP contribution in [0.3, 0.4) is 0 Å². The number of aliphatic hydroxyl groups excluding tert-OH is 1. The fourth-order valence-corrected chi connectivity index (χ4v) is 8.99. The Bertz CT molecular complexity index is 2480. The second-order valence-electron chi connectivity index (χ2n) is 23.0. The maximum atomic E-state index is 14.3. The summed E-state index contributed by atoms with van der Waals surface area (Å²) in [6.07, 6.45) is -2.38. The van der Waals surface area contributed by atoms with Gasteiger partial charge in [0, 0.05) is 25.8 Å². The molecular formula is C58H98N14O16. The highest BCUT2D eigenvalue weighted by Gasteiger charge is 2.37. The SMILES string of the molecule is CCCC[C@H](NC(=O)[C@@H](NC(=O)[C@@H](N)CC(C)C)C(C)C)C(=O)N[C@@H](CCC(=O)O)C(=O)N[C@@H](CC(C)C)C(=O)N[C@H](C(=O)N[C@@H](CCC(=O)O)C(=O)N[C@@H](Cc1ccccc1)C(=O)N[C@@H](CCCN=C(N)N)C(=O)N[C@@H](CCCCN)C(=O)O)[C@@H](C)O. The number of aliphatic hydroxyl groups is 1. The molecular weight excluding hydrogens is 1150 g/mol. The molecule has 9 amide bonds. The number of aliphatic carboxylic acids is 3. The summed E-state index contributed by atoms with van der Waals surface area (Å²) in [6, 6.07) is -6.31. The first kappa shape index (κ1) is 78.0. The molecule has 496 valence electrons. The van der Waals surface area contributed by atoms with Gasteiger partial charge >= 0.3 is 17.9 Å². The van der Waals surface area contributed by atoms with Crippen LogP contribution in [0.15, 0.2) is 35.3 Å². The fraction of sp³-hybridized carbons (Fsp3) is 0.672. The normalized spacial score (nSPS) is 15.0. The van der Waals surface area contributed by atoms with Crippen LogP contribution in [0.2, 0.25) is 0 Å². The summed E-state index contributed by atoms with van der Waals surface area (Å²) in [5, 5.41) is 62.8. The Morgan fingerprint density at radius 3 is 1.33 bits per heavy atom. The number of nitrogens with one attached hydrogen (secondary N) is 9. The van der Waals surface area contributed by atoms with E-state index >= 15 is 0 Å². The molecule has 0 radical (unpaired) electrons. The maximum absolute atomic E-state index is 14.3. The number of unbranched alkanes of at least 4 members (excludes halogenated alkanes) is 2. The van der Waals surface area contributed by atoms with Gasteiger partial charge in [-0.05, 0) is 101 Å². The number of carboxylic acids is 3. The van der Waals surface area contributed by atoms with Gasteiger partial charge in [0.2, 0.25) is 53.2 Å². The van der Waals surface area contributed by atoms with Crippen LogP contribution >= 0.6 is 0 Å². The summed E-state index contributed by atoms with van der Waals surface area (Å²) >= 11 is 0. The number of nitrogens with zero attached hydrogens (tertiary/aromatic N) is 1. The number of carbonyl (C=O) groups excluding carboxylic acids is 9. The molecule has 1 aromatic carbocycles. The summed E-state index contributed by atoms with van der Waals surface area (Å²) in [4.78, 5) is 166. The number of nitrogens with two attached hydrogens (primary N) is 4. The van der Waals surface area contributed by atoms with Crippen LogP contribution in [-0.2, 0) is 64.0 Å². The molecule has 1 rings (SSSR count). The molecule has 0 saturated carbocycles. The van der Waals surface area contributed by atoms with Gasteiger partial charge in [-0.25, -0.2) is 4.79 Å². The van der Waals surface area contributed by atoms with Gasteiger partial charge in [-0.15, -0.1) is 0 Å². The molecule has 30 nitrogen and oxygen atoms in total. The molecule has 0 unspecified atom stereocenters. The van der Waals surface area contributed by atoms with E-state index in [0.29, 0.717) is 37.7 Å². The topological polar surface area (TPSA) is 510 Å². The Balaban J connectivity index is 3.64. The zero-order chi connectivity index (χ0) is 66.8. The van der Waals surface area contributed by atoms with E-state index < -0.39 is 169 Å². The lowest BCUT2D eigenvalue weighted by atomic mass is 9.99. The summed E-state index contributed by atoms with van der Waals surface area (Å²) in [6.45, 7) is 13.7. The van der Waals surface area contributed by atoms with Crippen LogP contribution in [0.5, 0.6) is 0 Å². The number of hydrogen-bond acceptors (Lipinski definition) is 16. The van der Waals surface area contributed by atoms with Crippen LogP contribution in [-0.4, -0.2) is 177 Å². The van der Waals surface area contributed by atoms with E-state index in [4.69, 9.17) is 22.9 Å². The molecule has 0 aliphatic rings. The van der Waals surface area contributed by atoms with Crippen molar-refractivity contribution in [3.63, 3.8) is 0 Å². The Morgan fingerprint density at radius 2 is 0.886 bits per heavy atom. The molecule has 11 atom stereocenters. The molecule has 0 aliphatic carbocycles. The van der Waals surface area contributed by atoms with Gasteiger partial charge in [0.15, 0.2) is 5.96 Å². The third-order valence-corrected chi connectivity index (χ3v) is 13.8. The second kappa shape index (κ2) is 41.2. The summed E-state index contributed by atoms with van der Waals surface area (Å²) < 4.78 is 0. The molecule has 0 aromatic heterocycles. The largest absolute Gasteiger partial charge is 0.481 e. The van der Waals surface area contributed by atoms with Crippen LogP contribution in [0.4, 0.5) is 0 Å². The highest BCUT2D eigenvalue weighted by Crippen LogP contribution is 2.14. The van der Waals surface area contributed by atoms with Gasteiger partial charge in [0.1, 0.15) is 54.4 Å². The lowest BCUT2D eigenvalue weighted by Gasteiger charge is -2.29. The van der Waals surface area contributed by atoms with Gasteiger partial charge in [-0.2, -0.15) is 0 Å². The third-order valence-electron chi connectivity index (χ3n) is 13.8. The fourth-order valence-electron chi connectivity index (χ4n) is 8.99. The molecule has 0 spiro atoms. The van der Waals surface area contributed by atoms with Gasteiger partial charge in [0.25, 0.3) is 0 Å². The quantitative estimate of drug-likeness (QED) is 0.0195. The maximum Gasteiger partial charge on any atom is 0.326 e. The Hall–Kier alpha value is -7.99. The smallest absolute Gasteiger partial charge is 0.326 e. The monoisotopic (exact) mass is 1250 g/mol. The number of benzene rings is 1. The van der Waals surface area contributed by atoms with Crippen LogP contribution < -0.4 is 70.8 Å². The van der Waals surface area contributed by atoms with E-state index in [1.165, 1.54) is 0 Å². The van der Waals surface area contributed by atoms with Crippen molar-refractivity contribution < 1.29 is 78.0 Å². The molecule has 0 heterocycles. The van der Waals surface area contributed by atoms with Crippen molar-refractivity contribution in [2.75, 3.05) is 13.1 Å². The molecule has 30 heteroatoms. The van der Waals surface area contributed by atoms with Crippen LogP contribution in [0.25, 0.3) is 0 Å². The highest BCUT2D eigenvalue weighted by atomic mass is 16.4. The van der Waals surface area contributed by atoms with Gasteiger partial charge in [0.05, 0.1) is 12.1 Å².